The molecule has 1 saturated heterocycles. The number of nitrogens with zero attached hydrogens (tertiary/aromatic N) is 1. The van der Waals surface area contributed by atoms with E-state index < -0.39 is 11.9 Å². The highest BCUT2D eigenvalue weighted by Crippen LogP contribution is 2.19. The van der Waals surface area contributed by atoms with Gasteiger partial charge in [-0.25, -0.2) is 9.59 Å². The molecule has 0 radical (unpaired) electrons. The van der Waals surface area contributed by atoms with Crippen molar-refractivity contribution in [3.05, 3.63) is 47.0 Å². The molecule has 0 saturated carbocycles. The van der Waals surface area contributed by atoms with Crippen LogP contribution in [0.15, 0.2) is 30.4 Å². The second-order valence-electron chi connectivity index (χ2n) is 7.81. The number of carboxylic acid groups (broad SMARTS) is 2. The fraction of sp³-hybridized carbons (Fsp3) is 0.545. The lowest BCUT2D eigenvalue weighted by atomic mass is 10.0. The molecule has 0 bridgehead atoms. The molecular weight excluding hydrogens is 356 g/mol. The highest BCUT2D eigenvalue weighted by atomic mass is 16.4. The highest BCUT2D eigenvalue weighted by Gasteiger charge is 2.21. The number of nitrogens with one attached hydrogen (secondary N) is 1. The van der Waals surface area contributed by atoms with Crippen LogP contribution in [0.3, 0.4) is 0 Å². The van der Waals surface area contributed by atoms with Gasteiger partial charge in [-0.05, 0) is 51.3 Å². The standard InChI is InChI=1S/C18H30N2.C4H4O4/c1-14(2)12-20(18-5-7-19-8-6-18)13-17-10-15(3)9-16(4)11-17;5-3(6)1-2-4(7)8/h9-11,14,18-19H,5-8,12-13H2,1-4H3;1-2H,(H,5,6)(H,7,8)/b;2-1+. The van der Waals surface area contributed by atoms with Crippen LogP contribution in [0.2, 0.25) is 0 Å². The van der Waals surface area contributed by atoms with Gasteiger partial charge in [0.2, 0.25) is 0 Å². The van der Waals surface area contributed by atoms with E-state index in [0.29, 0.717) is 12.2 Å². The van der Waals surface area contributed by atoms with Crippen LogP contribution in [0.1, 0.15) is 43.4 Å². The van der Waals surface area contributed by atoms with Crippen molar-refractivity contribution in [2.24, 2.45) is 5.92 Å². The summed E-state index contributed by atoms with van der Waals surface area (Å²) in [6.07, 6.45) is 3.69. The van der Waals surface area contributed by atoms with Crippen molar-refractivity contribution in [2.45, 2.75) is 53.1 Å². The summed E-state index contributed by atoms with van der Waals surface area (Å²) in [5, 5.41) is 19.1. The van der Waals surface area contributed by atoms with Crippen molar-refractivity contribution in [1.82, 2.24) is 10.2 Å². The summed E-state index contributed by atoms with van der Waals surface area (Å²) in [6, 6.07) is 7.71. The maximum absolute atomic E-state index is 9.55. The van der Waals surface area contributed by atoms with Gasteiger partial charge in [-0.3, -0.25) is 4.90 Å². The van der Waals surface area contributed by atoms with Crippen molar-refractivity contribution in [3.8, 4) is 0 Å². The summed E-state index contributed by atoms with van der Waals surface area (Å²) < 4.78 is 0. The van der Waals surface area contributed by atoms with Crippen LogP contribution >= 0.6 is 0 Å². The molecule has 1 fully saturated rings. The van der Waals surface area contributed by atoms with Crippen LogP contribution in [0.5, 0.6) is 0 Å². The molecule has 0 amide bonds. The van der Waals surface area contributed by atoms with Gasteiger partial charge in [0, 0.05) is 31.3 Å². The molecule has 1 aliphatic heterocycles. The first-order chi connectivity index (χ1) is 13.2. The van der Waals surface area contributed by atoms with Gasteiger partial charge in [0.25, 0.3) is 0 Å². The topological polar surface area (TPSA) is 89.9 Å². The quantitative estimate of drug-likeness (QED) is 0.620. The number of hydrogen-bond acceptors (Lipinski definition) is 4. The lowest BCUT2D eigenvalue weighted by Gasteiger charge is -2.36. The van der Waals surface area contributed by atoms with Crippen molar-refractivity contribution >= 4 is 11.9 Å². The Kier molecular flexibility index (Phi) is 10.5. The molecule has 6 heteroatoms. The molecule has 0 aromatic heterocycles. The molecule has 0 atom stereocenters. The van der Waals surface area contributed by atoms with E-state index in [-0.39, 0.29) is 0 Å². The molecule has 3 N–H and O–H groups in total. The fourth-order valence-corrected chi connectivity index (χ4v) is 3.52. The van der Waals surface area contributed by atoms with E-state index in [0.717, 1.165) is 18.5 Å². The molecule has 156 valence electrons. The molecule has 0 aliphatic carbocycles. The largest absolute Gasteiger partial charge is 0.478 e. The third kappa shape index (κ3) is 10.2. The minimum Gasteiger partial charge on any atom is -0.478 e. The normalized spacial score (nSPS) is 14.9. The predicted octanol–water partition coefficient (Wildman–Crippen LogP) is 3.23. The smallest absolute Gasteiger partial charge is 0.328 e. The Hall–Kier alpha value is -2.18. The SMILES string of the molecule is Cc1cc(C)cc(CN(CC(C)C)C2CCNCC2)c1.O=C(O)/C=C/C(=O)O. The Labute approximate surface area is 168 Å². The number of aliphatic carboxylic acids is 2. The average Bonchev–Trinajstić information content (AvgIpc) is 2.59. The summed E-state index contributed by atoms with van der Waals surface area (Å²) in [5.74, 6) is -1.78. The van der Waals surface area contributed by atoms with Crippen LogP contribution in [-0.2, 0) is 16.1 Å². The van der Waals surface area contributed by atoms with Crippen molar-refractivity contribution < 1.29 is 19.8 Å². The summed E-state index contributed by atoms with van der Waals surface area (Å²) >= 11 is 0. The Bertz CT molecular complexity index is 628. The van der Waals surface area contributed by atoms with E-state index >= 15 is 0 Å². The van der Waals surface area contributed by atoms with Crippen LogP contribution < -0.4 is 5.32 Å². The highest BCUT2D eigenvalue weighted by molar-refractivity contribution is 5.89. The van der Waals surface area contributed by atoms with Crippen molar-refractivity contribution in [3.63, 3.8) is 0 Å². The third-order valence-electron chi connectivity index (χ3n) is 4.46. The molecule has 0 unspecified atom stereocenters. The fourth-order valence-electron chi connectivity index (χ4n) is 3.52. The predicted molar refractivity (Wildman–Crippen MR) is 111 cm³/mol. The van der Waals surface area contributed by atoms with Gasteiger partial charge in [0.05, 0.1) is 0 Å². The van der Waals surface area contributed by atoms with E-state index in [1.54, 1.807) is 0 Å². The third-order valence-corrected chi connectivity index (χ3v) is 4.46. The number of rotatable bonds is 7. The monoisotopic (exact) mass is 390 g/mol. The Morgan fingerprint density at radius 2 is 1.57 bits per heavy atom. The first-order valence-electron chi connectivity index (χ1n) is 9.83. The first-order valence-corrected chi connectivity index (χ1v) is 9.83. The summed E-state index contributed by atoms with van der Waals surface area (Å²) in [4.78, 5) is 21.8. The molecule has 1 aromatic carbocycles. The Morgan fingerprint density at radius 3 is 2.00 bits per heavy atom. The van der Waals surface area contributed by atoms with Gasteiger partial charge < -0.3 is 15.5 Å². The van der Waals surface area contributed by atoms with Gasteiger partial charge in [-0.15, -0.1) is 0 Å². The maximum atomic E-state index is 9.55. The minimum atomic E-state index is -1.26. The van der Waals surface area contributed by atoms with E-state index in [2.05, 4.69) is 56.1 Å². The molecular formula is C22H34N2O4. The van der Waals surface area contributed by atoms with Crippen LogP contribution in [0, 0.1) is 19.8 Å². The zero-order valence-electron chi connectivity index (χ0n) is 17.4. The zero-order valence-corrected chi connectivity index (χ0v) is 17.4. The van der Waals surface area contributed by atoms with Crippen molar-refractivity contribution in [1.29, 1.82) is 0 Å². The summed E-state index contributed by atoms with van der Waals surface area (Å²) in [7, 11) is 0. The number of carbonyl (C=O) groups is 2. The number of hydrogen-bond donors (Lipinski definition) is 3. The maximum Gasteiger partial charge on any atom is 0.328 e. The molecule has 28 heavy (non-hydrogen) atoms. The Balaban J connectivity index is 0.000000416. The van der Waals surface area contributed by atoms with Gasteiger partial charge in [0.15, 0.2) is 0 Å². The number of piperidine rings is 1. The van der Waals surface area contributed by atoms with Crippen LogP contribution in [0.4, 0.5) is 0 Å². The average molecular weight is 391 g/mol. The molecule has 6 nitrogen and oxygen atoms in total. The van der Waals surface area contributed by atoms with Gasteiger partial charge >= 0.3 is 11.9 Å². The van der Waals surface area contributed by atoms with Gasteiger partial charge in [0.1, 0.15) is 0 Å². The van der Waals surface area contributed by atoms with E-state index in [1.165, 1.54) is 49.2 Å². The van der Waals surface area contributed by atoms with Gasteiger partial charge in [-0.2, -0.15) is 0 Å². The van der Waals surface area contributed by atoms with E-state index in [1.807, 2.05) is 0 Å². The lowest BCUT2D eigenvalue weighted by Crippen LogP contribution is -2.44. The number of aryl methyl sites for hydroxylation is 2. The van der Waals surface area contributed by atoms with Crippen molar-refractivity contribution in [2.75, 3.05) is 19.6 Å². The summed E-state index contributed by atoms with van der Waals surface area (Å²) in [6.45, 7) is 13.7. The van der Waals surface area contributed by atoms with Crippen LogP contribution in [-0.4, -0.2) is 52.7 Å². The summed E-state index contributed by atoms with van der Waals surface area (Å²) in [5.41, 5.74) is 4.24. The molecule has 1 aliphatic rings. The molecule has 0 spiro atoms. The zero-order chi connectivity index (χ0) is 21.1. The molecule has 1 heterocycles. The Morgan fingerprint density at radius 1 is 1.07 bits per heavy atom. The second kappa shape index (κ2) is 12.3. The van der Waals surface area contributed by atoms with Gasteiger partial charge in [-0.1, -0.05) is 43.2 Å². The molecule has 2 rings (SSSR count). The molecule has 1 aromatic rings. The second-order valence-corrected chi connectivity index (χ2v) is 7.81. The minimum absolute atomic E-state index is 0.558. The number of carboxylic acids is 2. The van der Waals surface area contributed by atoms with Crippen LogP contribution in [0.25, 0.3) is 0 Å². The first kappa shape index (κ1) is 23.9. The van der Waals surface area contributed by atoms with E-state index in [9.17, 15) is 9.59 Å². The lowest BCUT2D eigenvalue weighted by molar-refractivity contribution is -0.134. The van der Waals surface area contributed by atoms with E-state index in [4.69, 9.17) is 10.2 Å². The number of benzene rings is 1.